The van der Waals surface area contributed by atoms with Crippen LogP contribution in [0.1, 0.15) is 21.5 Å². The Hall–Kier alpha value is -2.36. The predicted molar refractivity (Wildman–Crippen MR) is 74.7 cm³/mol. The average Bonchev–Trinajstić information content (AvgIpc) is 2.36. The van der Waals surface area contributed by atoms with E-state index in [1.54, 1.807) is 6.07 Å². The molecule has 0 saturated heterocycles. The van der Waals surface area contributed by atoms with Gasteiger partial charge in [0.05, 0.1) is 0 Å². The Labute approximate surface area is 111 Å². The highest BCUT2D eigenvalue weighted by Crippen LogP contribution is 2.19. The van der Waals surface area contributed by atoms with Crippen molar-refractivity contribution in [2.24, 2.45) is 0 Å². The lowest BCUT2D eigenvalue weighted by Gasteiger charge is -2.10. The summed E-state index contributed by atoms with van der Waals surface area (Å²) in [6.45, 7) is 3.75. The number of amides is 1. The first kappa shape index (κ1) is 13.1. The Morgan fingerprint density at radius 2 is 1.74 bits per heavy atom. The molecule has 2 aromatic rings. The van der Waals surface area contributed by atoms with Gasteiger partial charge in [-0.2, -0.15) is 0 Å². The first-order chi connectivity index (χ1) is 8.97. The molecule has 0 aliphatic carbocycles. The summed E-state index contributed by atoms with van der Waals surface area (Å²) in [6, 6.07) is 9.15. The molecule has 0 aliphatic heterocycles. The molecule has 0 heterocycles. The van der Waals surface area contributed by atoms with E-state index in [1.165, 1.54) is 24.3 Å². The maximum Gasteiger partial charge on any atom is 0.256 e. The van der Waals surface area contributed by atoms with E-state index < -0.39 is 0 Å². The Balaban J connectivity index is 2.25. The fraction of sp³-hybridized carbons (Fsp3) is 0.133. The number of anilines is 2. The van der Waals surface area contributed by atoms with Crippen LogP contribution in [-0.4, -0.2) is 5.91 Å². The van der Waals surface area contributed by atoms with Crippen molar-refractivity contribution in [1.29, 1.82) is 0 Å². The fourth-order valence-corrected chi connectivity index (χ4v) is 1.85. The van der Waals surface area contributed by atoms with E-state index in [0.29, 0.717) is 16.9 Å². The molecule has 0 saturated carbocycles. The quantitative estimate of drug-likeness (QED) is 0.812. The van der Waals surface area contributed by atoms with Crippen molar-refractivity contribution in [3.8, 4) is 0 Å². The molecule has 19 heavy (non-hydrogen) atoms. The lowest BCUT2D eigenvalue weighted by Crippen LogP contribution is -2.14. The van der Waals surface area contributed by atoms with E-state index in [2.05, 4.69) is 5.32 Å². The first-order valence-electron chi connectivity index (χ1n) is 5.91. The molecule has 4 heteroatoms. The Morgan fingerprint density at radius 1 is 1.11 bits per heavy atom. The number of benzene rings is 2. The number of nitrogens with two attached hydrogens (primary N) is 1. The molecule has 0 fully saturated rings. The minimum absolute atomic E-state index is 0.254. The van der Waals surface area contributed by atoms with Gasteiger partial charge in [-0.3, -0.25) is 4.79 Å². The van der Waals surface area contributed by atoms with Gasteiger partial charge in [0, 0.05) is 16.9 Å². The summed E-state index contributed by atoms with van der Waals surface area (Å²) in [6.07, 6.45) is 0. The van der Waals surface area contributed by atoms with Gasteiger partial charge in [0.1, 0.15) is 5.82 Å². The van der Waals surface area contributed by atoms with Gasteiger partial charge in [-0.1, -0.05) is 6.07 Å². The Bertz CT molecular complexity index is 621. The minimum Gasteiger partial charge on any atom is -0.398 e. The topological polar surface area (TPSA) is 55.1 Å². The highest BCUT2D eigenvalue weighted by molar-refractivity contribution is 6.05. The lowest BCUT2D eigenvalue weighted by molar-refractivity contribution is 0.102. The van der Waals surface area contributed by atoms with Crippen LogP contribution < -0.4 is 11.1 Å². The molecule has 0 aromatic heterocycles. The van der Waals surface area contributed by atoms with Crippen LogP contribution in [0, 0.1) is 19.7 Å². The van der Waals surface area contributed by atoms with E-state index in [0.717, 1.165) is 11.1 Å². The molecule has 0 radical (unpaired) electrons. The van der Waals surface area contributed by atoms with Gasteiger partial charge < -0.3 is 11.1 Å². The standard InChI is InChI=1S/C15H15FN2O/c1-9-7-10(2)14(17)8-13(9)15(19)18-12-5-3-11(16)4-6-12/h3-8H,17H2,1-2H3,(H,18,19). The molecular formula is C15H15FN2O. The summed E-state index contributed by atoms with van der Waals surface area (Å²) in [4.78, 5) is 12.1. The summed E-state index contributed by atoms with van der Waals surface area (Å²) < 4.78 is 12.8. The van der Waals surface area contributed by atoms with E-state index >= 15 is 0 Å². The van der Waals surface area contributed by atoms with Crippen molar-refractivity contribution in [2.75, 3.05) is 11.1 Å². The van der Waals surface area contributed by atoms with Crippen LogP contribution in [0.5, 0.6) is 0 Å². The van der Waals surface area contributed by atoms with Gasteiger partial charge in [-0.25, -0.2) is 4.39 Å². The summed E-state index contributed by atoms with van der Waals surface area (Å²) >= 11 is 0. The second-order valence-corrected chi connectivity index (χ2v) is 4.48. The molecule has 0 bridgehead atoms. The number of nitrogen functional groups attached to an aromatic ring is 1. The van der Waals surface area contributed by atoms with E-state index in [9.17, 15) is 9.18 Å². The van der Waals surface area contributed by atoms with Gasteiger partial charge in [-0.15, -0.1) is 0 Å². The zero-order valence-corrected chi connectivity index (χ0v) is 10.8. The predicted octanol–water partition coefficient (Wildman–Crippen LogP) is 3.28. The highest BCUT2D eigenvalue weighted by Gasteiger charge is 2.11. The number of rotatable bonds is 2. The largest absolute Gasteiger partial charge is 0.398 e. The fourth-order valence-electron chi connectivity index (χ4n) is 1.85. The van der Waals surface area contributed by atoms with Crippen molar-refractivity contribution >= 4 is 17.3 Å². The molecule has 0 aliphatic rings. The van der Waals surface area contributed by atoms with Gasteiger partial charge >= 0.3 is 0 Å². The van der Waals surface area contributed by atoms with Gasteiger partial charge in [0.2, 0.25) is 0 Å². The van der Waals surface area contributed by atoms with Crippen LogP contribution >= 0.6 is 0 Å². The summed E-state index contributed by atoms with van der Waals surface area (Å²) in [5.41, 5.74) is 9.25. The summed E-state index contributed by atoms with van der Waals surface area (Å²) in [5, 5.41) is 2.71. The van der Waals surface area contributed by atoms with Crippen LogP contribution in [0.3, 0.4) is 0 Å². The van der Waals surface area contributed by atoms with Gasteiger partial charge in [0.25, 0.3) is 5.91 Å². The zero-order valence-electron chi connectivity index (χ0n) is 10.8. The molecule has 98 valence electrons. The second kappa shape index (κ2) is 5.10. The smallest absolute Gasteiger partial charge is 0.256 e. The first-order valence-corrected chi connectivity index (χ1v) is 5.91. The molecule has 0 atom stereocenters. The number of hydrogen-bond acceptors (Lipinski definition) is 2. The van der Waals surface area contributed by atoms with Crippen LogP contribution in [0.4, 0.5) is 15.8 Å². The minimum atomic E-state index is -0.339. The van der Waals surface area contributed by atoms with Crippen molar-refractivity contribution in [3.05, 3.63) is 58.9 Å². The van der Waals surface area contributed by atoms with Crippen molar-refractivity contribution < 1.29 is 9.18 Å². The highest BCUT2D eigenvalue weighted by atomic mass is 19.1. The third-order valence-electron chi connectivity index (χ3n) is 2.96. The molecule has 2 rings (SSSR count). The van der Waals surface area contributed by atoms with Crippen molar-refractivity contribution in [2.45, 2.75) is 13.8 Å². The lowest BCUT2D eigenvalue weighted by atomic mass is 10.0. The number of halogens is 1. The van der Waals surface area contributed by atoms with Crippen LogP contribution in [0.2, 0.25) is 0 Å². The Kier molecular flexibility index (Phi) is 3.51. The van der Waals surface area contributed by atoms with Gasteiger partial charge in [0.15, 0.2) is 0 Å². The second-order valence-electron chi connectivity index (χ2n) is 4.48. The van der Waals surface area contributed by atoms with Crippen molar-refractivity contribution in [3.63, 3.8) is 0 Å². The third-order valence-corrected chi connectivity index (χ3v) is 2.96. The molecule has 2 aromatic carbocycles. The normalized spacial score (nSPS) is 10.3. The number of hydrogen-bond donors (Lipinski definition) is 2. The number of carbonyl (C=O) groups excluding carboxylic acids is 1. The maximum absolute atomic E-state index is 12.8. The SMILES string of the molecule is Cc1cc(C)c(C(=O)Nc2ccc(F)cc2)cc1N. The van der Waals surface area contributed by atoms with Crippen LogP contribution in [0.25, 0.3) is 0 Å². The monoisotopic (exact) mass is 258 g/mol. The molecule has 3 N–H and O–H groups in total. The number of carbonyl (C=O) groups is 1. The number of aryl methyl sites for hydroxylation is 2. The van der Waals surface area contributed by atoms with E-state index in [-0.39, 0.29) is 11.7 Å². The van der Waals surface area contributed by atoms with Crippen LogP contribution in [0.15, 0.2) is 36.4 Å². The van der Waals surface area contributed by atoms with Crippen LogP contribution in [-0.2, 0) is 0 Å². The molecule has 0 spiro atoms. The summed E-state index contributed by atoms with van der Waals surface area (Å²) in [5.74, 6) is -0.593. The zero-order chi connectivity index (χ0) is 14.0. The van der Waals surface area contributed by atoms with Crippen molar-refractivity contribution in [1.82, 2.24) is 0 Å². The maximum atomic E-state index is 12.8. The molecule has 1 amide bonds. The number of nitrogens with one attached hydrogen (secondary N) is 1. The van der Waals surface area contributed by atoms with E-state index in [1.807, 2.05) is 19.9 Å². The Morgan fingerprint density at radius 3 is 2.37 bits per heavy atom. The average molecular weight is 258 g/mol. The molecule has 0 unspecified atom stereocenters. The summed E-state index contributed by atoms with van der Waals surface area (Å²) in [7, 11) is 0. The molecular weight excluding hydrogens is 243 g/mol. The third kappa shape index (κ3) is 2.91. The molecule has 3 nitrogen and oxygen atoms in total. The van der Waals surface area contributed by atoms with Gasteiger partial charge in [-0.05, 0) is 55.3 Å². The van der Waals surface area contributed by atoms with E-state index in [4.69, 9.17) is 5.73 Å².